The van der Waals surface area contributed by atoms with Gasteiger partial charge in [-0.15, -0.1) is 0 Å². The minimum Gasteiger partial charge on any atom is -0.507 e. The van der Waals surface area contributed by atoms with Crippen LogP contribution in [0.5, 0.6) is 5.75 Å². The van der Waals surface area contributed by atoms with Crippen molar-refractivity contribution in [1.29, 1.82) is 0 Å². The molecule has 0 aliphatic rings. The van der Waals surface area contributed by atoms with Crippen molar-refractivity contribution in [3.63, 3.8) is 0 Å². The molecule has 0 aliphatic carbocycles. The number of nitrogens with zero attached hydrogens (tertiary/aromatic N) is 2. The number of hydrazone groups is 1. The Hall–Kier alpha value is -3.93. The molecule has 0 saturated carbocycles. The van der Waals surface area contributed by atoms with Crippen LogP contribution in [0.3, 0.4) is 0 Å². The first-order chi connectivity index (χ1) is 13.2. The zero-order valence-corrected chi connectivity index (χ0v) is 14.3. The van der Waals surface area contributed by atoms with Gasteiger partial charge < -0.3 is 5.11 Å². The average Bonchev–Trinajstić information content (AvgIpc) is 3.21. The number of carbonyl (C=O) groups is 1. The maximum atomic E-state index is 12.3. The normalized spacial score (nSPS) is 11.1. The molecule has 3 N–H and O–H groups in total. The number of aromatic hydroxyl groups is 1. The molecule has 1 aromatic heterocycles. The van der Waals surface area contributed by atoms with Crippen molar-refractivity contribution in [2.45, 2.75) is 0 Å². The number of H-pyrrole nitrogens is 1. The van der Waals surface area contributed by atoms with E-state index < -0.39 is 5.91 Å². The number of phenolic OH excluding ortho intramolecular Hbond substituents is 1. The molecule has 0 aliphatic heterocycles. The van der Waals surface area contributed by atoms with E-state index in [-0.39, 0.29) is 5.75 Å². The lowest BCUT2D eigenvalue weighted by molar-refractivity contribution is 0.0950. The molecule has 4 aromatic rings. The maximum absolute atomic E-state index is 12.3. The molecule has 0 fully saturated rings. The summed E-state index contributed by atoms with van der Waals surface area (Å²) in [6.45, 7) is 0. The molecule has 27 heavy (non-hydrogen) atoms. The summed E-state index contributed by atoms with van der Waals surface area (Å²) >= 11 is 0. The Morgan fingerprint density at radius 3 is 2.67 bits per heavy atom. The number of aromatic amines is 1. The fourth-order valence-electron chi connectivity index (χ4n) is 2.83. The third-order valence-corrected chi connectivity index (χ3v) is 4.20. The monoisotopic (exact) mass is 356 g/mol. The number of amides is 1. The highest BCUT2D eigenvalue weighted by Crippen LogP contribution is 2.25. The van der Waals surface area contributed by atoms with E-state index in [0.717, 1.165) is 16.3 Å². The molecular weight excluding hydrogens is 340 g/mol. The highest BCUT2D eigenvalue weighted by Gasteiger charge is 2.10. The molecule has 6 heteroatoms. The molecular formula is C21H16N4O2. The summed E-state index contributed by atoms with van der Waals surface area (Å²) in [5.41, 5.74) is 4.89. The van der Waals surface area contributed by atoms with Gasteiger partial charge in [-0.05, 0) is 22.9 Å². The van der Waals surface area contributed by atoms with Gasteiger partial charge in [0.15, 0.2) is 0 Å². The zero-order chi connectivity index (χ0) is 18.6. The molecule has 0 saturated heterocycles. The summed E-state index contributed by atoms with van der Waals surface area (Å²) in [5.74, 6) is -0.319. The van der Waals surface area contributed by atoms with Crippen molar-refractivity contribution in [3.05, 3.63) is 84.1 Å². The summed E-state index contributed by atoms with van der Waals surface area (Å²) in [7, 11) is 0. The summed E-state index contributed by atoms with van der Waals surface area (Å²) in [5, 5.41) is 22.8. The molecule has 0 atom stereocenters. The minimum atomic E-state index is -0.416. The van der Waals surface area contributed by atoms with E-state index in [9.17, 15) is 9.90 Å². The van der Waals surface area contributed by atoms with Crippen molar-refractivity contribution in [2.75, 3.05) is 0 Å². The van der Waals surface area contributed by atoms with Gasteiger partial charge in [0, 0.05) is 11.1 Å². The van der Waals surface area contributed by atoms with Gasteiger partial charge in [-0.3, -0.25) is 9.89 Å². The number of hydrogen-bond acceptors (Lipinski definition) is 4. The topological polar surface area (TPSA) is 90.4 Å². The molecule has 1 amide bonds. The van der Waals surface area contributed by atoms with Gasteiger partial charge in [-0.25, -0.2) is 5.43 Å². The van der Waals surface area contributed by atoms with Crippen molar-refractivity contribution in [2.24, 2.45) is 5.10 Å². The Morgan fingerprint density at radius 2 is 1.81 bits per heavy atom. The summed E-state index contributed by atoms with van der Waals surface area (Å²) < 4.78 is 0. The summed E-state index contributed by atoms with van der Waals surface area (Å²) in [6.07, 6.45) is 1.43. The number of aromatic nitrogens is 2. The first-order valence-electron chi connectivity index (χ1n) is 8.37. The van der Waals surface area contributed by atoms with Crippen LogP contribution in [0.4, 0.5) is 0 Å². The van der Waals surface area contributed by atoms with E-state index in [1.165, 1.54) is 6.21 Å². The van der Waals surface area contributed by atoms with Gasteiger partial charge in [0.2, 0.25) is 0 Å². The first-order valence-corrected chi connectivity index (χ1v) is 8.37. The Kier molecular flexibility index (Phi) is 4.37. The van der Waals surface area contributed by atoms with Gasteiger partial charge >= 0.3 is 0 Å². The number of rotatable bonds is 4. The number of nitrogens with one attached hydrogen (secondary N) is 2. The second-order valence-corrected chi connectivity index (χ2v) is 5.95. The molecule has 0 unspecified atom stereocenters. The molecule has 1 heterocycles. The second-order valence-electron chi connectivity index (χ2n) is 5.95. The first kappa shape index (κ1) is 16.5. The number of phenols is 1. The largest absolute Gasteiger partial charge is 0.507 e. The Bertz CT molecular complexity index is 1130. The summed E-state index contributed by atoms with van der Waals surface area (Å²) in [4.78, 5) is 12.3. The van der Waals surface area contributed by atoms with E-state index in [1.807, 2.05) is 60.7 Å². The highest BCUT2D eigenvalue weighted by atomic mass is 16.3. The zero-order valence-electron chi connectivity index (χ0n) is 14.3. The average molecular weight is 356 g/mol. The Morgan fingerprint density at radius 1 is 1.04 bits per heavy atom. The van der Waals surface area contributed by atoms with Crippen LogP contribution in [0.2, 0.25) is 0 Å². The number of fused-ring (bicyclic) bond motifs is 1. The smallest absolute Gasteiger partial charge is 0.289 e. The van der Waals surface area contributed by atoms with E-state index >= 15 is 0 Å². The van der Waals surface area contributed by atoms with Crippen LogP contribution in [-0.4, -0.2) is 27.4 Å². The summed E-state index contributed by atoms with van der Waals surface area (Å²) in [6, 6.07) is 22.3. The van der Waals surface area contributed by atoms with Crippen LogP contribution in [-0.2, 0) is 0 Å². The number of carbonyl (C=O) groups excluding carboxylic acids is 1. The lowest BCUT2D eigenvalue weighted by atomic mass is 10.0. The molecule has 6 nitrogen and oxygen atoms in total. The van der Waals surface area contributed by atoms with Gasteiger partial charge in [-0.1, -0.05) is 60.7 Å². The van der Waals surface area contributed by atoms with Crippen molar-refractivity contribution < 1.29 is 9.90 Å². The lowest BCUT2D eigenvalue weighted by Crippen LogP contribution is -2.18. The molecule has 0 radical (unpaired) electrons. The maximum Gasteiger partial charge on any atom is 0.289 e. The van der Waals surface area contributed by atoms with E-state index in [1.54, 1.807) is 12.1 Å². The van der Waals surface area contributed by atoms with Crippen LogP contribution < -0.4 is 5.43 Å². The van der Waals surface area contributed by atoms with E-state index in [2.05, 4.69) is 20.7 Å². The molecule has 0 bridgehead atoms. The van der Waals surface area contributed by atoms with Gasteiger partial charge in [0.1, 0.15) is 11.4 Å². The number of benzene rings is 3. The Labute approximate surface area is 155 Å². The van der Waals surface area contributed by atoms with Crippen LogP contribution in [0.25, 0.3) is 22.0 Å². The molecule has 132 valence electrons. The standard InChI is InChI=1S/C21H16N4O2/c26-20-11-10-14-6-4-5-9-16(14)17(20)13-22-25-21(27)19-12-18(23-24-19)15-7-2-1-3-8-15/h1-13,26H,(H,23,24)(H,25,27)/b22-13-. The lowest BCUT2D eigenvalue weighted by Gasteiger charge is -2.04. The highest BCUT2D eigenvalue weighted by molar-refractivity contribution is 6.03. The van der Waals surface area contributed by atoms with Crippen LogP contribution in [0.1, 0.15) is 16.1 Å². The fraction of sp³-hybridized carbons (Fsp3) is 0. The number of hydrogen-bond donors (Lipinski definition) is 3. The predicted octanol–water partition coefficient (Wildman–Crippen LogP) is 3.70. The minimum absolute atomic E-state index is 0.0969. The van der Waals surface area contributed by atoms with Crippen molar-refractivity contribution in [3.8, 4) is 17.0 Å². The van der Waals surface area contributed by atoms with E-state index in [0.29, 0.717) is 17.0 Å². The van der Waals surface area contributed by atoms with E-state index in [4.69, 9.17) is 0 Å². The SMILES string of the molecule is O=C(N/N=C\c1c(O)ccc2ccccc12)c1cc(-c2ccccc2)n[nH]1. The van der Waals surface area contributed by atoms with Gasteiger partial charge in [0.05, 0.1) is 11.9 Å². The predicted molar refractivity (Wildman–Crippen MR) is 105 cm³/mol. The van der Waals surface area contributed by atoms with Crippen LogP contribution in [0, 0.1) is 0 Å². The third-order valence-electron chi connectivity index (χ3n) is 4.20. The second kappa shape index (κ2) is 7.13. The van der Waals surface area contributed by atoms with Gasteiger partial charge in [-0.2, -0.15) is 10.2 Å². The third kappa shape index (κ3) is 3.41. The van der Waals surface area contributed by atoms with Crippen molar-refractivity contribution >= 4 is 22.9 Å². The van der Waals surface area contributed by atoms with Crippen LogP contribution in [0.15, 0.2) is 77.9 Å². The Balaban J connectivity index is 1.52. The van der Waals surface area contributed by atoms with Crippen LogP contribution >= 0.6 is 0 Å². The fourth-order valence-corrected chi connectivity index (χ4v) is 2.83. The molecule has 0 spiro atoms. The molecule has 4 rings (SSSR count). The molecule has 3 aromatic carbocycles. The van der Waals surface area contributed by atoms with Gasteiger partial charge in [0.25, 0.3) is 5.91 Å². The quantitative estimate of drug-likeness (QED) is 0.385. The van der Waals surface area contributed by atoms with Crippen molar-refractivity contribution in [1.82, 2.24) is 15.6 Å².